The predicted molar refractivity (Wildman–Crippen MR) is 75.7 cm³/mol. The van der Waals surface area contributed by atoms with Crippen molar-refractivity contribution in [1.29, 1.82) is 0 Å². The van der Waals surface area contributed by atoms with Gasteiger partial charge in [0.2, 0.25) is 0 Å². The van der Waals surface area contributed by atoms with Gasteiger partial charge in [-0.25, -0.2) is 0 Å². The fraction of sp³-hybridized carbons (Fsp3) is 0.500. The molecule has 1 atom stereocenters. The fourth-order valence-electron chi connectivity index (χ4n) is 2.79. The van der Waals surface area contributed by atoms with Gasteiger partial charge >= 0.3 is 0 Å². The Morgan fingerprint density at radius 3 is 3.00 bits per heavy atom. The van der Waals surface area contributed by atoms with E-state index in [1.807, 2.05) is 25.1 Å². The van der Waals surface area contributed by atoms with Crippen LogP contribution in [0.3, 0.4) is 0 Å². The molecule has 0 aromatic heterocycles. The molecule has 0 saturated carbocycles. The number of hydrogen-bond acceptors (Lipinski definition) is 4. The van der Waals surface area contributed by atoms with Gasteiger partial charge in [0.1, 0.15) is 0 Å². The van der Waals surface area contributed by atoms with Gasteiger partial charge in [-0.1, -0.05) is 17.3 Å². The van der Waals surface area contributed by atoms with Crippen molar-refractivity contribution in [3.8, 4) is 0 Å². The summed E-state index contributed by atoms with van der Waals surface area (Å²) in [6.07, 6.45) is 1.91. The maximum absolute atomic E-state index is 9.03. The SMILES string of the molecule is Cc1cccc(/C(N)=N/O)c1N1CCC(CCO)C1. The molecule has 1 aliphatic rings. The number of aryl methyl sites for hydroxylation is 1. The van der Waals surface area contributed by atoms with Crippen LogP contribution in [0.4, 0.5) is 5.69 Å². The Labute approximate surface area is 113 Å². The molecule has 0 aliphatic carbocycles. The van der Waals surface area contributed by atoms with E-state index in [-0.39, 0.29) is 12.4 Å². The highest BCUT2D eigenvalue weighted by Gasteiger charge is 2.25. The van der Waals surface area contributed by atoms with Crippen LogP contribution >= 0.6 is 0 Å². The van der Waals surface area contributed by atoms with Crippen molar-refractivity contribution in [1.82, 2.24) is 0 Å². The van der Waals surface area contributed by atoms with Gasteiger partial charge in [0.25, 0.3) is 0 Å². The van der Waals surface area contributed by atoms with Gasteiger partial charge in [0, 0.05) is 25.3 Å². The molecule has 0 amide bonds. The zero-order valence-electron chi connectivity index (χ0n) is 11.2. The van der Waals surface area contributed by atoms with Gasteiger partial charge < -0.3 is 20.9 Å². The average Bonchev–Trinajstić information content (AvgIpc) is 2.86. The van der Waals surface area contributed by atoms with Gasteiger partial charge in [-0.2, -0.15) is 0 Å². The van der Waals surface area contributed by atoms with Crippen LogP contribution in [-0.2, 0) is 0 Å². The van der Waals surface area contributed by atoms with Gasteiger partial charge in [-0.3, -0.25) is 0 Å². The number of oxime groups is 1. The van der Waals surface area contributed by atoms with E-state index in [0.717, 1.165) is 42.7 Å². The molecule has 0 spiro atoms. The third kappa shape index (κ3) is 2.81. The Morgan fingerprint density at radius 2 is 2.32 bits per heavy atom. The first kappa shape index (κ1) is 13.7. The summed E-state index contributed by atoms with van der Waals surface area (Å²) in [5.74, 6) is 0.661. The van der Waals surface area contributed by atoms with Crippen molar-refractivity contribution in [3.63, 3.8) is 0 Å². The summed E-state index contributed by atoms with van der Waals surface area (Å²) in [4.78, 5) is 2.27. The first-order valence-corrected chi connectivity index (χ1v) is 6.60. The highest BCUT2D eigenvalue weighted by atomic mass is 16.4. The number of nitrogens with zero attached hydrogens (tertiary/aromatic N) is 2. The van der Waals surface area contributed by atoms with Crippen LogP contribution in [0, 0.1) is 12.8 Å². The number of amidine groups is 1. The van der Waals surface area contributed by atoms with Crippen molar-refractivity contribution in [2.45, 2.75) is 19.8 Å². The highest BCUT2D eigenvalue weighted by Crippen LogP contribution is 2.31. The van der Waals surface area contributed by atoms with E-state index in [1.165, 1.54) is 0 Å². The van der Waals surface area contributed by atoms with E-state index in [2.05, 4.69) is 10.1 Å². The van der Waals surface area contributed by atoms with Crippen molar-refractivity contribution in [3.05, 3.63) is 29.3 Å². The van der Waals surface area contributed by atoms with Gasteiger partial charge in [0.15, 0.2) is 5.84 Å². The molecular formula is C14H21N3O2. The van der Waals surface area contributed by atoms with Crippen LogP contribution < -0.4 is 10.6 Å². The number of hydrogen-bond donors (Lipinski definition) is 3. The van der Waals surface area contributed by atoms with Crippen LogP contribution in [0.1, 0.15) is 24.0 Å². The second kappa shape index (κ2) is 5.93. The number of aliphatic hydroxyl groups excluding tert-OH is 1. The maximum atomic E-state index is 9.03. The molecule has 1 aromatic carbocycles. The van der Waals surface area contributed by atoms with Crippen LogP contribution in [-0.4, -0.2) is 35.8 Å². The average molecular weight is 263 g/mol. The molecule has 0 bridgehead atoms. The zero-order chi connectivity index (χ0) is 13.8. The monoisotopic (exact) mass is 263 g/mol. The molecule has 1 fully saturated rings. The number of nitrogens with two attached hydrogens (primary N) is 1. The molecular weight excluding hydrogens is 242 g/mol. The lowest BCUT2D eigenvalue weighted by Crippen LogP contribution is -2.25. The second-order valence-electron chi connectivity index (χ2n) is 5.07. The van der Waals surface area contributed by atoms with Crippen LogP contribution in [0.25, 0.3) is 0 Å². The molecule has 2 rings (SSSR count). The van der Waals surface area contributed by atoms with Crippen LogP contribution in [0.15, 0.2) is 23.4 Å². The molecule has 1 heterocycles. The van der Waals surface area contributed by atoms with E-state index in [1.54, 1.807) is 0 Å². The molecule has 1 saturated heterocycles. The Hall–Kier alpha value is -1.75. The third-order valence-corrected chi connectivity index (χ3v) is 3.76. The van der Waals surface area contributed by atoms with E-state index >= 15 is 0 Å². The first-order valence-electron chi connectivity index (χ1n) is 6.60. The van der Waals surface area contributed by atoms with Crippen molar-refractivity contribution < 1.29 is 10.3 Å². The largest absolute Gasteiger partial charge is 0.409 e. The summed E-state index contributed by atoms with van der Waals surface area (Å²) in [5.41, 5.74) is 8.69. The topological polar surface area (TPSA) is 82.1 Å². The molecule has 1 unspecified atom stereocenters. The number of anilines is 1. The maximum Gasteiger partial charge on any atom is 0.172 e. The van der Waals surface area contributed by atoms with Gasteiger partial charge in [-0.05, 0) is 37.3 Å². The molecule has 4 N–H and O–H groups in total. The van der Waals surface area contributed by atoms with E-state index in [9.17, 15) is 0 Å². The normalized spacial score (nSPS) is 20.0. The minimum absolute atomic E-state index is 0.143. The Morgan fingerprint density at radius 1 is 1.53 bits per heavy atom. The quantitative estimate of drug-likeness (QED) is 0.331. The van der Waals surface area contributed by atoms with Crippen molar-refractivity contribution in [2.24, 2.45) is 16.8 Å². The molecule has 5 nitrogen and oxygen atoms in total. The minimum atomic E-state index is 0.143. The van der Waals surface area contributed by atoms with Crippen LogP contribution in [0.5, 0.6) is 0 Å². The number of benzene rings is 1. The minimum Gasteiger partial charge on any atom is -0.409 e. The highest BCUT2D eigenvalue weighted by molar-refractivity contribution is 6.02. The van der Waals surface area contributed by atoms with Gasteiger partial charge in [0.05, 0.1) is 5.69 Å². The smallest absolute Gasteiger partial charge is 0.172 e. The fourth-order valence-corrected chi connectivity index (χ4v) is 2.79. The Kier molecular flexibility index (Phi) is 4.27. The van der Waals surface area contributed by atoms with Crippen molar-refractivity contribution >= 4 is 11.5 Å². The first-order chi connectivity index (χ1) is 9.17. The molecule has 1 aliphatic heterocycles. The lowest BCUT2D eigenvalue weighted by atomic mass is 10.0. The van der Waals surface area contributed by atoms with E-state index < -0.39 is 0 Å². The zero-order valence-corrected chi connectivity index (χ0v) is 11.2. The third-order valence-electron chi connectivity index (χ3n) is 3.76. The summed E-state index contributed by atoms with van der Waals surface area (Å²) in [7, 11) is 0. The summed E-state index contributed by atoms with van der Waals surface area (Å²) in [6.45, 7) is 4.13. The molecule has 5 heteroatoms. The number of rotatable bonds is 4. The summed E-state index contributed by atoms with van der Waals surface area (Å²) in [5, 5.41) is 21.0. The van der Waals surface area contributed by atoms with E-state index in [0.29, 0.717) is 5.92 Å². The molecule has 1 aromatic rings. The predicted octanol–water partition coefficient (Wildman–Crippen LogP) is 1.30. The lowest BCUT2D eigenvalue weighted by Gasteiger charge is -2.24. The summed E-state index contributed by atoms with van der Waals surface area (Å²) >= 11 is 0. The molecule has 19 heavy (non-hydrogen) atoms. The van der Waals surface area contributed by atoms with Crippen LogP contribution in [0.2, 0.25) is 0 Å². The molecule has 104 valence electrons. The summed E-state index contributed by atoms with van der Waals surface area (Å²) < 4.78 is 0. The summed E-state index contributed by atoms with van der Waals surface area (Å²) in [6, 6.07) is 5.81. The lowest BCUT2D eigenvalue weighted by molar-refractivity contribution is 0.263. The van der Waals surface area contributed by atoms with E-state index in [4.69, 9.17) is 16.0 Å². The second-order valence-corrected chi connectivity index (χ2v) is 5.07. The van der Waals surface area contributed by atoms with Crippen molar-refractivity contribution in [2.75, 3.05) is 24.6 Å². The Bertz CT molecular complexity index is 474. The molecule has 0 radical (unpaired) electrons. The standard InChI is InChI=1S/C14H21N3O2/c1-10-3-2-4-12(14(15)16-19)13(10)17-7-5-11(9-17)6-8-18/h2-4,11,18-19H,5-9H2,1H3,(H2,15,16). The van der Waals surface area contributed by atoms with Gasteiger partial charge in [-0.15, -0.1) is 0 Å². The number of para-hydroxylation sites is 1. The number of aliphatic hydroxyl groups is 1. The Balaban J connectivity index is 2.29.